The zero-order chi connectivity index (χ0) is 19.7. The first-order chi connectivity index (χ1) is 13.5. The first-order valence-electron chi connectivity index (χ1n) is 8.48. The fourth-order valence-electron chi connectivity index (χ4n) is 2.96. The lowest BCUT2D eigenvalue weighted by molar-refractivity contribution is 0.138. The van der Waals surface area contributed by atoms with Crippen LogP contribution in [0.1, 0.15) is 28.7 Å². The molecule has 0 amide bonds. The Morgan fingerprint density at radius 1 is 1.21 bits per heavy atom. The van der Waals surface area contributed by atoms with Gasteiger partial charge in [-0.2, -0.15) is 10.2 Å². The first kappa shape index (κ1) is 17.9. The van der Waals surface area contributed by atoms with Crippen molar-refractivity contribution < 1.29 is 13.9 Å². The van der Waals surface area contributed by atoms with E-state index in [-0.39, 0.29) is 5.82 Å². The zero-order valence-electron chi connectivity index (χ0n) is 14.8. The largest absolute Gasteiger partial charge is 0.368 e. The van der Waals surface area contributed by atoms with E-state index in [0.29, 0.717) is 40.3 Å². The van der Waals surface area contributed by atoms with Crippen LogP contribution in [-0.4, -0.2) is 31.8 Å². The molecule has 4 rings (SSSR count). The van der Waals surface area contributed by atoms with Gasteiger partial charge in [-0.15, -0.1) is 0 Å². The SMILES string of the molecule is Cn1ncnc1CC1=NNC(O)c2cc(F)cc(N=Cc3ccc(F)cc3)c21. The van der Waals surface area contributed by atoms with Gasteiger partial charge in [0.15, 0.2) is 6.23 Å². The molecule has 1 atom stereocenters. The number of aromatic nitrogens is 3. The minimum Gasteiger partial charge on any atom is -0.368 e. The number of aryl methyl sites for hydroxylation is 1. The Morgan fingerprint density at radius 3 is 2.71 bits per heavy atom. The Labute approximate surface area is 159 Å². The number of nitrogens with one attached hydrogen (secondary N) is 1. The fraction of sp³-hybridized carbons (Fsp3) is 0.158. The Balaban J connectivity index is 1.76. The summed E-state index contributed by atoms with van der Waals surface area (Å²) in [6, 6.07) is 8.28. The van der Waals surface area contributed by atoms with Gasteiger partial charge >= 0.3 is 0 Å². The summed E-state index contributed by atoms with van der Waals surface area (Å²) in [4.78, 5) is 8.55. The van der Waals surface area contributed by atoms with Gasteiger partial charge in [-0.3, -0.25) is 15.1 Å². The molecule has 0 saturated heterocycles. The predicted molar refractivity (Wildman–Crippen MR) is 99.4 cm³/mol. The maximum absolute atomic E-state index is 14.1. The predicted octanol–water partition coefficient (Wildman–Crippen LogP) is 2.38. The topological polar surface area (TPSA) is 87.7 Å². The van der Waals surface area contributed by atoms with Crippen molar-refractivity contribution in [2.45, 2.75) is 12.6 Å². The highest BCUT2D eigenvalue weighted by Crippen LogP contribution is 2.32. The van der Waals surface area contributed by atoms with E-state index in [1.807, 2.05) is 0 Å². The van der Waals surface area contributed by atoms with Gasteiger partial charge in [-0.1, -0.05) is 12.1 Å². The number of nitrogens with zero attached hydrogens (tertiary/aromatic N) is 5. The molecule has 1 aliphatic heterocycles. The van der Waals surface area contributed by atoms with Gasteiger partial charge in [-0.05, 0) is 23.8 Å². The molecule has 2 N–H and O–H groups in total. The minimum atomic E-state index is -1.16. The third kappa shape index (κ3) is 3.52. The highest BCUT2D eigenvalue weighted by Gasteiger charge is 2.26. The number of aliphatic hydroxyl groups is 1. The molecule has 3 aromatic rings. The summed E-state index contributed by atoms with van der Waals surface area (Å²) < 4.78 is 28.8. The van der Waals surface area contributed by atoms with Crippen LogP contribution in [0.25, 0.3) is 0 Å². The molecule has 0 fully saturated rings. The molecular weight excluding hydrogens is 366 g/mol. The van der Waals surface area contributed by atoms with E-state index in [1.54, 1.807) is 23.9 Å². The van der Waals surface area contributed by atoms with Gasteiger partial charge in [0.2, 0.25) is 0 Å². The monoisotopic (exact) mass is 382 g/mol. The van der Waals surface area contributed by atoms with E-state index in [0.717, 1.165) is 0 Å². The molecular formula is C19H16F2N6O. The average Bonchev–Trinajstić information content (AvgIpc) is 3.08. The van der Waals surface area contributed by atoms with Crippen LogP contribution >= 0.6 is 0 Å². The Bertz CT molecular complexity index is 1070. The van der Waals surface area contributed by atoms with Crippen molar-refractivity contribution in [2.24, 2.45) is 17.1 Å². The molecule has 2 aromatic carbocycles. The molecule has 1 unspecified atom stereocenters. The van der Waals surface area contributed by atoms with Crippen molar-refractivity contribution in [2.75, 3.05) is 0 Å². The normalized spacial score (nSPS) is 16.0. The van der Waals surface area contributed by atoms with E-state index in [4.69, 9.17) is 0 Å². The molecule has 28 heavy (non-hydrogen) atoms. The standard InChI is InChI=1S/C19H16F2N6O/c1-27-17(23-10-24-27)8-16-18-14(19(28)26-25-16)6-13(21)7-15(18)22-9-11-2-4-12(20)5-3-11/h2-7,9-10,19,26,28H,8H2,1H3. The van der Waals surface area contributed by atoms with Crippen LogP contribution in [0.2, 0.25) is 0 Å². The summed E-state index contributed by atoms with van der Waals surface area (Å²) in [6.07, 6.45) is 2.09. The lowest BCUT2D eigenvalue weighted by Gasteiger charge is -2.23. The lowest BCUT2D eigenvalue weighted by atomic mass is 9.96. The summed E-state index contributed by atoms with van der Waals surface area (Å²) in [5.41, 5.74) is 4.94. The van der Waals surface area contributed by atoms with Crippen LogP contribution in [-0.2, 0) is 13.5 Å². The summed E-state index contributed by atoms with van der Waals surface area (Å²) in [5.74, 6) is -0.237. The molecule has 2 heterocycles. The fourth-order valence-corrected chi connectivity index (χ4v) is 2.96. The number of aliphatic hydroxyl groups excluding tert-OH is 1. The molecule has 0 radical (unpaired) electrons. The van der Waals surface area contributed by atoms with Gasteiger partial charge in [-0.25, -0.2) is 13.8 Å². The number of halogens is 2. The molecule has 0 spiro atoms. The van der Waals surface area contributed by atoms with E-state index < -0.39 is 12.0 Å². The highest BCUT2D eigenvalue weighted by atomic mass is 19.1. The summed E-state index contributed by atoms with van der Waals surface area (Å²) in [7, 11) is 1.76. The van der Waals surface area contributed by atoms with Crippen LogP contribution in [0.4, 0.5) is 14.5 Å². The number of benzene rings is 2. The van der Waals surface area contributed by atoms with Gasteiger partial charge < -0.3 is 5.11 Å². The molecule has 1 aliphatic rings. The highest BCUT2D eigenvalue weighted by molar-refractivity contribution is 6.07. The van der Waals surface area contributed by atoms with Gasteiger partial charge in [0, 0.05) is 30.5 Å². The van der Waals surface area contributed by atoms with Gasteiger partial charge in [0.1, 0.15) is 23.8 Å². The van der Waals surface area contributed by atoms with Crippen LogP contribution in [0.5, 0.6) is 0 Å². The van der Waals surface area contributed by atoms with Crippen molar-refractivity contribution in [1.29, 1.82) is 0 Å². The molecule has 0 bridgehead atoms. The number of hydrazone groups is 1. The van der Waals surface area contributed by atoms with Crippen LogP contribution < -0.4 is 5.43 Å². The van der Waals surface area contributed by atoms with E-state index in [9.17, 15) is 13.9 Å². The molecule has 1 aromatic heterocycles. The average molecular weight is 382 g/mol. The first-order valence-corrected chi connectivity index (χ1v) is 8.48. The second-order valence-corrected chi connectivity index (χ2v) is 6.27. The van der Waals surface area contributed by atoms with E-state index in [1.165, 1.54) is 36.8 Å². The second kappa shape index (κ2) is 7.28. The van der Waals surface area contributed by atoms with Crippen molar-refractivity contribution >= 4 is 17.6 Å². The molecule has 0 aliphatic carbocycles. The van der Waals surface area contributed by atoms with Crippen LogP contribution in [0.15, 0.2) is 52.8 Å². The minimum absolute atomic E-state index is 0.306. The summed E-state index contributed by atoms with van der Waals surface area (Å²) >= 11 is 0. The van der Waals surface area contributed by atoms with Gasteiger partial charge in [0.05, 0.1) is 17.8 Å². The number of hydrogen-bond acceptors (Lipinski definition) is 6. The van der Waals surface area contributed by atoms with Crippen LogP contribution in [0, 0.1) is 11.6 Å². The second-order valence-electron chi connectivity index (χ2n) is 6.27. The summed E-state index contributed by atoms with van der Waals surface area (Å²) in [5, 5.41) is 18.5. The lowest BCUT2D eigenvalue weighted by Crippen LogP contribution is -2.28. The Hall–Kier alpha value is -3.46. The molecule has 9 heteroatoms. The van der Waals surface area contributed by atoms with Crippen molar-refractivity contribution in [3.05, 3.63) is 76.9 Å². The third-order valence-electron chi connectivity index (χ3n) is 4.37. The van der Waals surface area contributed by atoms with Crippen molar-refractivity contribution in [3.63, 3.8) is 0 Å². The maximum Gasteiger partial charge on any atom is 0.166 e. The third-order valence-corrected chi connectivity index (χ3v) is 4.37. The number of fused-ring (bicyclic) bond motifs is 1. The number of rotatable bonds is 4. The number of hydrogen-bond donors (Lipinski definition) is 2. The number of aliphatic imine (C=N–C) groups is 1. The zero-order valence-corrected chi connectivity index (χ0v) is 14.8. The smallest absolute Gasteiger partial charge is 0.166 e. The van der Waals surface area contributed by atoms with Crippen molar-refractivity contribution in [3.8, 4) is 0 Å². The summed E-state index contributed by atoms with van der Waals surface area (Å²) in [6.45, 7) is 0. The molecule has 0 saturated carbocycles. The Morgan fingerprint density at radius 2 is 2.00 bits per heavy atom. The molecule has 142 valence electrons. The van der Waals surface area contributed by atoms with Crippen molar-refractivity contribution in [1.82, 2.24) is 20.2 Å². The van der Waals surface area contributed by atoms with E-state index >= 15 is 0 Å². The Kier molecular flexibility index (Phi) is 4.66. The quantitative estimate of drug-likeness (QED) is 0.679. The molecule has 7 nitrogen and oxygen atoms in total. The van der Waals surface area contributed by atoms with Gasteiger partial charge in [0.25, 0.3) is 0 Å². The van der Waals surface area contributed by atoms with E-state index in [2.05, 4.69) is 25.6 Å². The maximum atomic E-state index is 14.1. The van der Waals surface area contributed by atoms with Crippen LogP contribution in [0.3, 0.4) is 0 Å².